The third kappa shape index (κ3) is 4.43. The molecule has 1 saturated heterocycles. The Labute approximate surface area is 89.1 Å². The standard InChI is InChI=1S/C12H26N2/c1-3-4-5-6-9-13-11-12-8-7-10-14(12)2/h12-13H,3-11H2,1-2H3/t12-/m0/s1. The zero-order chi connectivity index (χ0) is 10.2. The van der Waals surface area contributed by atoms with Crippen LogP contribution in [0.15, 0.2) is 0 Å². The van der Waals surface area contributed by atoms with E-state index in [0.29, 0.717) is 0 Å². The van der Waals surface area contributed by atoms with E-state index < -0.39 is 0 Å². The average molecular weight is 198 g/mol. The summed E-state index contributed by atoms with van der Waals surface area (Å²) in [6.45, 7) is 5.97. The van der Waals surface area contributed by atoms with Crippen LogP contribution in [-0.4, -0.2) is 37.6 Å². The van der Waals surface area contributed by atoms with Gasteiger partial charge in [-0.25, -0.2) is 0 Å². The van der Waals surface area contributed by atoms with Gasteiger partial charge >= 0.3 is 0 Å². The van der Waals surface area contributed by atoms with E-state index in [1.165, 1.54) is 58.2 Å². The van der Waals surface area contributed by atoms with Gasteiger partial charge in [0.15, 0.2) is 0 Å². The Bertz CT molecular complexity index is 136. The van der Waals surface area contributed by atoms with Crippen LogP contribution in [0.5, 0.6) is 0 Å². The molecule has 1 aliphatic heterocycles. The molecule has 0 radical (unpaired) electrons. The van der Waals surface area contributed by atoms with Crippen molar-refractivity contribution in [1.82, 2.24) is 10.2 Å². The molecule has 0 amide bonds. The molecule has 0 aromatic carbocycles. The first-order valence-corrected chi connectivity index (χ1v) is 6.25. The zero-order valence-electron chi connectivity index (χ0n) is 9.89. The molecule has 1 rings (SSSR count). The Hall–Kier alpha value is -0.0800. The molecule has 14 heavy (non-hydrogen) atoms. The molecule has 2 nitrogen and oxygen atoms in total. The number of nitrogens with one attached hydrogen (secondary N) is 1. The highest BCUT2D eigenvalue weighted by Crippen LogP contribution is 2.13. The minimum Gasteiger partial charge on any atom is -0.315 e. The van der Waals surface area contributed by atoms with Crippen molar-refractivity contribution in [1.29, 1.82) is 0 Å². The van der Waals surface area contributed by atoms with Gasteiger partial charge in [0.05, 0.1) is 0 Å². The van der Waals surface area contributed by atoms with Gasteiger partial charge in [0, 0.05) is 12.6 Å². The predicted octanol–water partition coefficient (Wildman–Crippen LogP) is 2.25. The van der Waals surface area contributed by atoms with Crippen LogP contribution in [0.25, 0.3) is 0 Å². The molecule has 1 aliphatic rings. The lowest BCUT2D eigenvalue weighted by atomic mass is 10.2. The summed E-state index contributed by atoms with van der Waals surface area (Å²) in [5, 5.41) is 3.57. The first kappa shape index (κ1) is 12.0. The Morgan fingerprint density at radius 1 is 1.29 bits per heavy atom. The second-order valence-corrected chi connectivity index (χ2v) is 4.54. The summed E-state index contributed by atoms with van der Waals surface area (Å²) in [5.41, 5.74) is 0. The molecule has 0 bridgehead atoms. The summed E-state index contributed by atoms with van der Waals surface area (Å²) in [5.74, 6) is 0. The van der Waals surface area contributed by atoms with Gasteiger partial charge in [-0.05, 0) is 39.4 Å². The van der Waals surface area contributed by atoms with Crippen molar-refractivity contribution in [2.75, 3.05) is 26.7 Å². The first-order valence-electron chi connectivity index (χ1n) is 6.25. The van der Waals surface area contributed by atoms with Crippen LogP contribution >= 0.6 is 0 Å². The quantitative estimate of drug-likeness (QED) is 0.631. The topological polar surface area (TPSA) is 15.3 Å². The highest BCUT2D eigenvalue weighted by atomic mass is 15.2. The fraction of sp³-hybridized carbons (Fsp3) is 1.00. The van der Waals surface area contributed by atoms with Gasteiger partial charge in [0.2, 0.25) is 0 Å². The number of hydrogen-bond donors (Lipinski definition) is 1. The molecule has 2 heteroatoms. The largest absolute Gasteiger partial charge is 0.315 e. The van der Waals surface area contributed by atoms with E-state index in [2.05, 4.69) is 24.2 Å². The number of likely N-dealkylation sites (N-methyl/N-ethyl adjacent to an activating group) is 1. The molecule has 0 saturated carbocycles. The SMILES string of the molecule is CCCCCCNC[C@@H]1CCCN1C. The van der Waals surface area contributed by atoms with Crippen LogP contribution in [-0.2, 0) is 0 Å². The second kappa shape index (κ2) is 7.24. The smallest absolute Gasteiger partial charge is 0.0218 e. The van der Waals surface area contributed by atoms with Crippen molar-refractivity contribution in [3.05, 3.63) is 0 Å². The molecule has 0 aliphatic carbocycles. The maximum atomic E-state index is 3.57. The molecule has 84 valence electrons. The van der Waals surface area contributed by atoms with Gasteiger partial charge in [-0.1, -0.05) is 26.2 Å². The lowest BCUT2D eigenvalue weighted by molar-refractivity contribution is 0.300. The lowest BCUT2D eigenvalue weighted by Gasteiger charge is -2.19. The predicted molar refractivity (Wildman–Crippen MR) is 62.7 cm³/mol. The first-order chi connectivity index (χ1) is 6.84. The molecule has 0 aromatic heterocycles. The summed E-state index contributed by atoms with van der Waals surface area (Å²) in [4.78, 5) is 2.49. The number of hydrogen-bond acceptors (Lipinski definition) is 2. The maximum Gasteiger partial charge on any atom is 0.0218 e. The molecular weight excluding hydrogens is 172 g/mol. The molecule has 1 atom stereocenters. The molecule has 0 unspecified atom stereocenters. The fourth-order valence-electron chi connectivity index (χ4n) is 2.18. The second-order valence-electron chi connectivity index (χ2n) is 4.54. The summed E-state index contributed by atoms with van der Waals surface area (Å²) >= 11 is 0. The molecule has 1 heterocycles. The van der Waals surface area contributed by atoms with E-state index >= 15 is 0 Å². The van der Waals surface area contributed by atoms with Crippen LogP contribution in [0.4, 0.5) is 0 Å². The van der Waals surface area contributed by atoms with Crippen LogP contribution in [0.1, 0.15) is 45.4 Å². The molecule has 0 aromatic rings. The van der Waals surface area contributed by atoms with Gasteiger partial charge in [-0.15, -0.1) is 0 Å². The van der Waals surface area contributed by atoms with Crippen LogP contribution < -0.4 is 5.32 Å². The zero-order valence-corrected chi connectivity index (χ0v) is 9.89. The van der Waals surface area contributed by atoms with E-state index in [-0.39, 0.29) is 0 Å². The summed E-state index contributed by atoms with van der Waals surface area (Å²) in [6.07, 6.45) is 8.25. The summed E-state index contributed by atoms with van der Waals surface area (Å²) in [6, 6.07) is 0.807. The van der Waals surface area contributed by atoms with Crippen molar-refractivity contribution in [2.45, 2.75) is 51.5 Å². The van der Waals surface area contributed by atoms with Crippen LogP contribution in [0.3, 0.4) is 0 Å². The van der Waals surface area contributed by atoms with Gasteiger partial charge in [0.25, 0.3) is 0 Å². The number of unbranched alkanes of at least 4 members (excludes halogenated alkanes) is 3. The molecule has 0 spiro atoms. The van der Waals surface area contributed by atoms with Crippen molar-refractivity contribution >= 4 is 0 Å². The lowest BCUT2D eigenvalue weighted by Crippen LogP contribution is -2.35. The third-order valence-electron chi connectivity index (χ3n) is 3.26. The fourth-order valence-corrected chi connectivity index (χ4v) is 2.18. The molecule has 1 N–H and O–H groups in total. The summed E-state index contributed by atoms with van der Waals surface area (Å²) < 4.78 is 0. The highest BCUT2D eigenvalue weighted by molar-refractivity contribution is 4.77. The normalized spacial score (nSPS) is 23.1. The van der Waals surface area contributed by atoms with Crippen LogP contribution in [0.2, 0.25) is 0 Å². The van der Waals surface area contributed by atoms with E-state index in [1.54, 1.807) is 0 Å². The molecule has 1 fully saturated rings. The Balaban J connectivity index is 1.88. The van der Waals surface area contributed by atoms with Gasteiger partial charge in [0.1, 0.15) is 0 Å². The summed E-state index contributed by atoms with van der Waals surface area (Å²) in [7, 11) is 2.25. The Kier molecular flexibility index (Phi) is 6.20. The van der Waals surface area contributed by atoms with Crippen molar-refractivity contribution < 1.29 is 0 Å². The van der Waals surface area contributed by atoms with Gasteiger partial charge in [-0.3, -0.25) is 0 Å². The van der Waals surface area contributed by atoms with E-state index in [1.807, 2.05) is 0 Å². The number of nitrogens with zero attached hydrogens (tertiary/aromatic N) is 1. The highest BCUT2D eigenvalue weighted by Gasteiger charge is 2.19. The Morgan fingerprint density at radius 2 is 2.14 bits per heavy atom. The molecular formula is C12H26N2. The Morgan fingerprint density at radius 3 is 2.79 bits per heavy atom. The van der Waals surface area contributed by atoms with Gasteiger partial charge < -0.3 is 10.2 Å². The third-order valence-corrected chi connectivity index (χ3v) is 3.26. The minimum absolute atomic E-state index is 0.807. The number of likely N-dealkylation sites (tertiary alicyclic amines) is 1. The van der Waals surface area contributed by atoms with E-state index in [0.717, 1.165) is 6.04 Å². The minimum atomic E-state index is 0.807. The van der Waals surface area contributed by atoms with Crippen molar-refractivity contribution in [3.63, 3.8) is 0 Å². The van der Waals surface area contributed by atoms with Crippen molar-refractivity contribution in [3.8, 4) is 0 Å². The van der Waals surface area contributed by atoms with Gasteiger partial charge in [-0.2, -0.15) is 0 Å². The van der Waals surface area contributed by atoms with Crippen LogP contribution in [0, 0.1) is 0 Å². The van der Waals surface area contributed by atoms with Crippen molar-refractivity contribution in [2.24, 2.45) is 0 Å². The number of rotatable bonds is 7. The van der Waals surface area contributed by atoms with E-state index in [4.69, 9.17) is 0 Å². The average Bonchev–Trinajstić information content (AvgIpc) is 2.58. The monoisotopic (exact) mass is 198 g/mol. The maximum absolute atomic E-state index is 3.57. The van der Waals surface area contributed by atoms with E-state index in [9.17, 15) is 0 Å².